The Kier molecular flexibility index (Phi) is 3.05. The van der Waals surface area contributed by atoms with Gasteiger partial charge in [0.2, 0.25) is 0 Å². The highest BCUT2D eigenvalue weighted by atomic mass is 16.5. The summed E-state index contributed by atoms with van der Waals surface area (Å²) in [5.41, 5.74) is 0. The van der Waals surface area contributed by atoms with Gasteiger partial charge in [-0.25, -0.2) is 0 Å². The Morgan fingerprint density at radius 1 is 1.56 bits per heavy atom. The summed E-state index contributed by atoms with van der Waals surface area (Å²) in [6, 6.07) is 0. The van der Waals surface area contributed by atoms with Crippen LogP contribution in [0, 0.1) is 0 Å². The van der Waals surface area contributed by atoms with E-state index in [0.29, 0.717) is 6.10 Å². The average Bonchev–Trinajstić information content (AvgIpc) is 2.34. The topological polar surface area (TPSA) is 9.23 Å². The van der Waals surface area contributed by atoms with Crippen LogP contribution in [0.15, 0.2) is 0 Å². The van der Waals surface area contributed by atoms with Gasteiger partial charge in [-0.2, -0.15) is 0 Å². The molecule has 1 fully saturated rings. The Balaban J connectivity index is 1.98. The van der Waals surface area contributed by atoms with E-state index in [0.717, 1.165) is 6.61 Å². The third-order valence-corrected chi connectivity index (χ3v) is 1.90. The molecule has 1 nitrogen and oxygen atoms in total. The summed E-state index contributed by atoms with van der Waals surface area (Å²) in [4.78, 5) is 0. The second kappa shape index (κ2) is 3.89. The molecule has 0 bridgehead atoms. The van der Waals surface area contributed by atoms with Gasteiger partial charge in [0.25, 0.3) is 0 Å². The minimum Gasteiger partial charge on any atom is -0.378 e. The molecule has 9 heavy (non-hydrogen) atoms. The van der Waals surface area contributed by atoms with E-state index in [1.165, 1.54) is 32.1 Å². The van der Waals surface area contributed by atoms with Crippen molar-refractivity contribution in [3.8, 4) is 0 Å². The molecule has 1 atom stereocenters. The standard InChI is InChI=1S/C8H16O/c1-2-3-5-8-6-4-7-9-8/h8H,2-7H2,1H3/t8-/m1/s1. The van der Waals surface area contributed by atoms with E-state index < -0.39 is 0 Å². The van der Waals surface area contributed by atoms with Crippen LogP contribution >= 0.6 is 0 Å². The van der Waals surface area contributed by atoms with Gasteiger partial charge in [-0.15, -0.1) is 0 Å². The molecule has 1 heterocycles. The highest BCUT2D eigenvalue weighted by molar-refractivity contribution is 4.63. The van der Waals surface area contributed by atoms with Gasteiger partial charge >= 0.3 is 0 Å². The minimum absolute atomic E-state index is 0.616. The molecule has 54 valence electrons. The summed E-state index contributed by atoms with van der Waals surface area (Å²) in [6.07, 6.45) is 7.14. The maximum atomic E-state index is 5.46. The molecular weight excluding hydrogens is 112 g/mol. The third-order valence-electron chi connectivity index (χ3n) is 1.90. The molecule has 1 saturated heterocycles. The summed E-state index contributed by atoms with van der Waals surface area (Å²) in [5.74, 6) is 0. The first kappa shape index (κ1) is 7.07. The maximum absolute atomic E-state index is 5.46. The Bertz CT molecular complexity index is 65.0. The van der Waals surface area contributed by atoms with Crippen LogP contribution in [-0.2, 0) is 4.74 Å². The lowest BCUT2D eigenvalue weighted by Gasteiger charge is -2.06. The number of hydrogen-bond acceptors (Lipinski definition) is 1. The fourth-order valence-corrected chi connectivity index (χ4v) is 1.30. The largest absolute Gasteiger partial charge is 0.378 e. The van der Waals surface area contributed by atoms with Gasteiger partial charge < -0.3 is 4.74 Å². The predicted molar refractivity (Wildman–Crippen MR) is 38.5 cm³/mol. The van der Waals surface area contributed by atoms with Crippen molar-refractivity contribution < 1.29 is 4.74 Å². The Labute approximate surface area is 57.4 Å². The molecule has 1 heteroatoms. The van der Waals surface area contributed by atoms with Gasteiger partial charge in [-0.1, -0.05) is 19.8 Å². The van der Waals surface area contributed by atoms with E-state index in [9.17, 15) is 0 Å². The smallest absolute Gasteiger partial charge is 0.0576 e. The van der Waals surface area contributed by atoms with Gasteiger partial charge in [-0.05, 0) is 19.3 Å². The third kappa shape index (κ3) is 2.35. The molecule has 0 saturated carbocycles. The van der Waals surface area contributed by atoms with Crippen molar-refractivity contribution in [1.82, 2.24) is 0 Å². The number of unbranched alkanes of at least 4 members (excludes halogenated alkanes) is 1. The first-order chi connectivity index (χ1) is 4.43. The lowest BCUT2D eigenvalue weighted by atomic mass is 10.1. The average molecular weight is 128 g/mol. The first-order valence-corrected chi connectivity index (χ1v) is 4.05. The molecule has 1 aliphatic heterocycles. The van der Waals surface area contributed by atoms with Crippen LogP contribution in [0.4, 0.5) is 0 Å². The fourth-order valence-electron chi connectivity index (χ4n) is 1.30. The summed E-state index contributed by atoms with van der Waals surface area (Å²) in [7, 11) is 0. The molecule has 0 spiro atoms. The molecule has 0 aromatic rings. The molecule has 1 aliphatic rings. The van der Waals surface area contributed by atoms with Crippen molar-refractivity contribution in [1.29, 1.82) is 0 Å². The van der Waals surface area contributed by atoms with Crippen LogP contribution in [0.5, 0.6) is 0 Å². The van der Waals surface area contributed by atoms with Crippen LogP contribution in [0.2, 0.25) is 0 Å². The van der Waals surface area contributed by atoms with Crippen molar-refractivity contribution in [2.75, 3.05) is 6.61 Å². The number of ether oxygens (including phenoxy) is 1. The predicted octanol–water partition coefficient (Wildman–Crippen LogP) is 2.36. The minimum atomic E-state index is 0.616. The van der Waals surface area contributed by atoms with Crippen molar-refractivity contribution in [2.24, 2.45) is 0 Å². The molecule has 0 unspecified atom stereocenters. The van der Waals surface area contributed by atoms with Gasteiger partial charge in [0, 0.05) is 6.61 Å². The highest BCUT2D eigenvalue weighted by Gasteiger charge is 2.13. The monoisotopic (exact) mass is 128 g/mol. The molecule has 0 aliphatic carbocycles. The Morgan fingerprint density at radius 2 is 2.44 bits per heavy atom. The van der Waals surface area contributed by atoms with Crippen molar-refractivity contribution >= 4 is 0 Å². The van der Waals surface area contributed by atoms with Crippen LogP contribution in [0.25, 0.3) is 0 Å². The van der Waals surface area contributed by atoms with Gasteiger partial charge in [-0.3, -0.25) is 0 Å². The normalized spacial score (nSPS) is 27.0. The number of hydrogen-bond donors (Lipinski definition) is 0. The number of rotatable bonds is 3. The van der Waals surface area contributed by atoms with Gasteiger partial charge in [0.1, 0.15) is 0 Å². The van der Waals surface area contributed by atoms with Gasteiger partial charge in [0.05, 0.1) is 6.10 Å². The molecule has 1 rings (SSSR count). The van der Waals surface area contributed by atoms with Crippen LogP contribution in [0.1, 0.15) is 39.0 Å². The highest BCUT2D eigenvalue weighted by Crippen LogP contribution is 2.17. The second-order valence-electron chi connectivity index (χ2n) is 2.78. The first-order valence-electron chi connectivity index (χ1n) is 4.05. The van der Waals surface area contributed by atoms with Crippen molar-refractivity contribution in [3.63, 3.8) is 0 Å². The van der Waals surface area contributed by atoms with Gasteiger partial charge in [0.15, 0.2) is 0 Å². The maximum Gasteiger partial charge on any atom is 0.0576 e. The Morgan fingerprint density at radius 3 is 3.00 bits per heavy atom. The summed E-state index contributed by atoms with van der Waals surface area (Å²) >= 11 is 0. The van der Waals surface area contributed by atoms with E-state index >= 15 is 0 Å². The lowest BCUT2D eigenvalue weighted by molar-refractivity contribution is 0.102. The summed E-state index contributed by atoms with van der Waals surface area (Å²) in [5, 5.41) is 0. The zero-order valence-corrected chi connectivity index (χ0v) is 6.23. The summed E-state index contributed by atoms with van der Waals surface area (Å²) < 4.78 is 5.46. The molecule has 0 aromatic heterocycles. The van der Waals surface area contributed by atoms with Crippen molar-refractivity contribution in [3.05, 3.63) is 0 Å². The SMILES string of the molecule is CCCC[C@@H]1CCCO1. The lowest BCUT2D eigenvalue weighted by Crippen LogP contribution is -2.03. The molecule has 0 N–H and O–H groups in total. The second-order valence-corrected chi connectivity index (χ2v) is 2.78. The fraction of sp³-hybridized carbons (Fsp3) is 1.00. The van der Waals surface area contributed by atoms with Crippen LogP contribution < -0.4 is 0 Å². The van der Waals surface area contributed by atoms with Crippen molar-refractivity contribution in [2.45, 2.75) is 45.1 Å². The zero-order chi connectivity index (χ0) is 6.53. The molecule has 0 aromatic carbocycles. The zero-order valence-electron chi connectivity index (χ0n) is 6.23. The van der Waals surface area contributed by atoms with E-state index in [1.807, 2.05) is 0 Å². The molecule has 0 amide bonds. The van der Waals surface area contributed by atoms with E-state index in [2.05, 4.69) is 6.92 Å². The van der Waals surface area contributed by atoms with Crippen LogP contribution in [-0.4, -0.2) is 12.7 Å². The van der Waals surface area contributed by atoms with Crippen LogP contribution in [0.3, 0.4) is 0 Å². The molecular formula is C8H16O. The summed E-state index contributed by atoms with van der Waals surface area (Å²) in [6.45, 7) is 3.24. The van der Waals surface area contributed by atoms with E-state index in [1.54, 1.807) is 0 Å². The quantitative estimate of drug-likeness (QED) is 0.567. The Hall–Kier alpha value is -0.0400. The van der Waals surface area contributed by atoms with E-state index in [4.69, 9.17) is 4.74 Å². The van der Waals surface area contributed by atoms with E-state index in [-0.39, 0.29) is 0 Å². The molecule has 0 radical (unpaired) electrons.